The summed E-state index contributed by atoms with van der Waals surface area (Å²) in [6.07, 6.45) is 2.76. The number of aryl methyl sites for hydroxylation is 1. The van der Waals surface area contributed by atoms with Gasteiger partial charge in [0.15, 0.2) is 0 Å². The Morgan fingerprint density at radius 3 is 2.71 bits per heavy atom. The van der Waals surface area contributed by atoms with Gasteiger partial charge >= 0.3 is 5.97 Å². The molecule has 114 valence electrons. The normalized spacial score (nSPS) is 13.2. The first-order valence-electron chi connectivity index (χ1n) is 6.34. The van der Waals surface area contributed by atoms with Crippen LogP contribution in [0.3, 0.4) is 0 Å². The fraction of sp³-hybridized carbons (Fsp3) is 0.308. The van der Waals surface area contributed by atoms with Crippen LogP contribution in [0.15, 0.2) is 40.0 Å². The second kappa shape index (κ2) is 5.74. The number of carboxylic acids is 1. The maximum Gasteiger partial charge on any atom is 0.352 e. The number of rotatable bonds is 6. The van der Waals surface area contributed by atoms with Gasteiger partial charge in [-0.3, -0.25) is 0 Å². The van der Waals surface area contributed by atoms with Crippen LogP contribution in [-0.4, -0.2) is 24.1 Å². The number of carboxylic acid groups (broad SMARTS) is 1. The lowest BCUT2D eigenvalue weighted by atomic mass is 10.3. The molecular formula is C13H16N2O5S. The van der Waals surface area contributed by atoms with E-state index < -0.39 is 22.0 Å². The monoisotopic (exact) mass is 312 g/mol. The van der Waals surface area contributed by atoms with Crippen molar-refractivity contribution in [2.75, 3.05) is 0 Å². The van der Waals surface area contributed by atoms with Crippen LogP contribution in [-0.2, 0) is 16.6 Å². The highest BCUT2D eigenvalue weighted by molar-refractivity contribution is 7.89. The summed E-state index contributed by atoms with van der Waals surface area (Å²) >= 11 is 0. The molecule has 0 bridgehead atoms. The van der Waals surface area contributed by atoms with Gasteiger partial charge < -0.3 is 14.1 Å². The van der Waals surface area contributed by atoms with Gasteiger partial charge in [-0.05, 0) is 32.0 Å². The number of carbonyl (C=O) groups is 1. The van der Waals surface area contributed by atoms with Crippen molar-refractivity contribution in [1.82, 2.24) is 9.29 Å². The van der Waals surface area contributed by atoms with Gasteiger partial charge in [0, 0.05) is 12.7 Å². The molecule has 0 radical (unpaired) electrons. The first-order valence-corrected chi connectivity index (χ1v) is 7.82. The quantitative estimate of drug-likeness (QED) is 0.847. The molecule has 21 heavy (non-hydrogen) atoms. The van der Waals surface area contributed by atoms with Crippen molar-refractivity contribution in [2.45, 2.75) is 31.3 Å². The Morgan fingerprint density at radius 1 is 1.52 bits per heavy atom. The summed E-state index contributed by atoms with van der Waals surface area (Å²) in [5.41, 5.74) is -0.0662. The Morgan fingerprint density at radius 2 is 2.24 bits per heavy atom. The number of aromatic nitrogens is 1. The molecule has 2 aromatic heterocycles. The average molecular weight is 312 g/mol. The summed E-state index contributed by atoms with van der Waals surface area (Å²) in [7, 11) is -3.83. The van der Waals surface area contributed by atoms with E-state index in [0.29, 0.717) is 12.3 Å². The maximum absolute atomic E-state index is 12.3. The van der Waals surface area contributed by atoms with E-state index in [1.165, 1.54) is 17.0 Å². The largest absolute Gasteiger partial charge is 0.477 e. The molecular weight excluding hydrogens is 296 g/mol. The van der Waals surface area contributed by atoms with Gasteiger partial charge in [-0.1, -0.05) is 0 Å². The van der Waals surface area contributed by atoms with E-state index in [0.717, 1.165) is 6.07 Å². The molecule has 2 heterocycles. The van der Waals surface area contributed by atoms with Crippen LogP contribution < -0.4 is 4.72 Å². The van der Waals surface area contributed by atoms with Crippen LogP contribution in [0.4, 0.5) is 0 Å². The highest BCUT2D eigenvalue weighted by Gasteiger charge is 2.23. The topological polar surface area (TPSA) is 102 Å². The van der Waals surface area contributed by atoms with Gasteiger partial charge in [-0.2, -0.15) is 0 Å². The predicted molar refractivity (Wildman–Crippen MR) is 74.5 cm³/mol. The molecule has 0 amide bonds. The lowest BCUT2D eigenvalue weighted by Crippen LogP contribution is -2.26. The van der Waals surface area contributed by atoms with Gasteiger partial charge in [0.05, 0.1) is 12.3 Å². The summed E-state index contributed by atoms with van der Waals surface area (Å²) in [6, 6.07) is 3.91. The third kappa shape index (κ3) is 3.17. The summed E-state index contributed by atoms with van der Waals surface area (Å²) in [6.45, 7) is 3.75. The summed E-state index contributed by atoms with van der Waals surface area (Å²) in [5, 5.41) is 9.06. The Kier molecular flexibility index (Phi) is 4.19. The van der Waals surface area contributed by atoms with Gasteiger partial charge in [-0.15, -0.1) is 0 Å². The van der Waals surface area contributed by atoms with Crippen LogP contribution in [0.25, 0.3) is 0 Å². The first kappa shape index (κ1) is 15.3. The van der Waals surface area contributed by atoms with Crippen molar-refractivity contribution in [3.05, 3.63) is 42.1 Å². The van der Waals surface area contributed by atoms with Gasteiger partial charge in [0.2, 0.25) is 10.0 Å². The second-order valence-electron chi connectivity index (χ2n) is 4.51. The number of hydrogen-bond donors (Lipinski definition) is 2. The second-order valence-corrected chi connectivity index (χ2v) is 6.22. The van der Waals surface area contributed by atoms with E-state index in [1.54, 1.807) is 26.0 Å². The molecule has 1 atom stereocenters. The van der Waals surface area contributed by atoms with Crippen molar-refractivity contribution in [2.24, 2.45) is 0 Å². The molecule has 0 saturated heterocycles. The highest BCUT2D eigenvalue weighted by atomic mass is 32.2. The third-order valence-corrected chi connectivity index (χ3v) is 4.55. The fourth-order valence-electron chi connectivity index (χ4n) is 1.97. The predicted octanol–water partition coefficient (Wildman–Crippen LogP) is 1.84. The highest BCUT2D eigenvalue weighted by Crippen LogP contribution is 2.19. The zero-order chi connectivity index (χ0) is 15.6. The van der Waals surface area contributed by atoms with Crippen molar-refractivity contribution in [3.63, 3.8) is 0 Å². The minimum Gasteiger partial charge on any atom is -0.477 e. The van der Waals surface area contributed by atoms with E-state index in [2.05, 4.69) is 4.72 Å². The summed E-state index contributed by atoms with van der Waals surface area (Å²) in [5.74, 6) is -0.690. The van der Waals surface area contributed by atoms with E-state index >= 15 is 0 Å². The van der Waals surface area contributed by atoms with Crippen molar-refractivity contribution >= 4 is 16.0 Å². The number of sulfonamides is 1. The first-order chi connectivity index (χ1) is 9.85. The van der Waals surface area contributed by atoms with Crippen LogP contribution >= 0.6 is 0 Å². The van der Waals surface area contributed by atoms with Crippen molar-refractivity contribution in [1.29, 1.82) is 0 Å². The average Bonchev–Trinajstić information content (AvgIpc) is 3.07. The number of furan rings is 1. The molecule has 7 nitrogen and oxygen atoms in total. The molecule has 8 heteroatoms. The molecule has 0 saturated carbocycles. The van der Waals surface area contributed by atoms with Crippen molar-refractivity contribution < 1.29 is 22.7 Å². The molecule has 0 aromatic carbocycles. The Hall–Kier alpha value is -2.06. The fourth-order valence-corrected chi connectivity index (χ4v) is 3.22. The van der Waals surface area contributed by atoms with Crippen LogP contribution in [0, 0.1) is 0 Å². The molecule has 0 aliphatic carbocycles. The molecule has 0 spiro atoms. The number of hydrogen-bond acceptors (Lipinski definition) is 4. The molecule has 0 aliphatic rings. The standard InChI is InChI=1S/C13H16N2O5S/c1-3-15-8-10(7-11(15)13(16)17)21(18,19)14-9(2)12-5-4-6-20-12/h4-9,14H,3H2,1-2H3,(H,16,17)/t9-/m0/s1. The van der Waals surface area contributed by atoms with Gasteiger partial charge in [0.1, 0.15) is 16.3 Å². The molecule has 0 unspecified atom stereocenters. The zero-order valence-corrected chi connectivity index (χ0v) is 12.4. The number of nitrogens with zero attached hydrogens (tertiary/aromatic N) is 1. The Labute approximate surface area is 122 Å². The Bertz CT molecular complexity index is 731. The minimum atomic E-state index is -3.83. The van der Waals surface area contributed by atoms with E-state index in [9.17, 15) is 13.2 Å². The van der Waals surface area contributed by atoms with Crippen LogP contribution in [0.5, 0.6) is 0 Å². The lowest BCUT2D eigenvalue weighted by molar-refractivity contribution is 0.0685. The SMILES string of the molecule is CCn1cc(S(=O)(=O)N[C@@H](C)c2ccco2)cc1C(=O)O. The molecule has 2 aromatic rings. The van der Waals surface area contributed by atoms with Crippen LogP contribution in [0.2, 0.25) is 0 Å². The number of aromatic carboxylic acids is 1. The van der Waals surface area contributed by atoms with Gasteiger partial charge in [-0.25, -0.2) is 17.9 Å². The van der Waals surface area contributed by atoms with E-state index in [4.69, 9.17) is 9.52 Å². The van der Waals surface area contributed by atoms with Crippen LogP contribution in [0.1, 0.15) is 36.1 Å². The summed E-state index contributed by atoms with van der Waals surface area (Å²) in [4.78, 5) is 11.0. The molecule has 0 aliphatic heterocycles. The maximum atomic E-state index is 12.3. The molecule has 2 rings (SSSR count). The minimum absolute atomic E-state index is 0.0662. The van der Waals surface area contributed by atoms with E-state index in [1.807, 2.05) is 0 Å². The third-order valence-electron chi connectivity index (χ3n) is 3.04. The summed E-state index contributed by atoms with van der Waals surface area (Å²) < 4.78 is 33.5. The Balaban J connectivity index is 2.29. The lowest BCUT2D eigenvalue weighted by Gasteiger charge is -2.10. The van der Waals surface area contributed by atoms with E-state index in [-0.39, 0.29) is 10.6 Å². The smallest absolute Gasteiger partial charge is 0.352 e. The molecule has 2 N–H and O–H groups in total. The zero-order valence-electron chi connectivity index (χ0n) is 11.6. The molecule has 0 fully saturated rings. The van der Waals surface area contributed by atoms with Gasteiger partial charge in [0.25, 0.3) is 0 Å². The van der Waals surface area contributed by atoms with Crippen molar-refractivity contribution in [3.8, 4) is 0 Å². The number of nitrogens with one attached hydrogen (secondary N) is 1.